The summed E-state index contributed by atoms with van der Waals surface area (Å²) < 4.78 is 0. The van der Waals surface area contributed by atoms with Gasteiger partial charge in [-0.2, -0.15) is 0 Å². The molecule has 1 nitrogen and oxygen atoms in total. The van der Waals surface area contributed by atoms with Crippen LogP contribution in [0.4, 0.5) is 0 Å². The molecular weight excluding hydrogens is 218 g/mol. The molecule has 0 aliphatic heterocycles. The van der Waals surface area contributed by atoms with E-state index in [4.69, 9.17) is 0 Å². The second-order valence-electron chi connectivity index (χ2n) is 6.60. The topological polar surface area (TPSA) is 12.0 Å². The lowest BCUT2D eigenvalue weighted by atomic mass is 9.84. The largest absolute Gasteiger partial charge is 0.309 e. The maximum Gasteiger partial charge on any atom is 0.0155 e. The molecule has 1 rings (SSSR count). The van der Waals surface area contributed by atoms with Crippen LogP contribution in [0.3, 0.4) is 0 Å². The Kier molecular flexibility index (Phi) is 7.97. The first kappa shape index (κ1) is 16.0. The van der Waals surface area contributed by atoms with E-state index < -0.39 is 0 Å². The van der Waals surface area contributed by atoms with Crippen molar-refractivity contribution in [3.63, 3.8) is 0 Å². The number of hydrogen-bond acceptors (Lipinski definition) is 1. The minimum Gasteiger partial charge on any atom is -0.309 e. The molecule has 0 spiro atoms. The van der Waals surface area contributed by atoms with Crippen LogP contribution in [0.25, 0.3) is 0 Å². The van der Waals surface area contributed by atoms with Gasteiger partial charge in [-0.25, -0.2) is 0 Å². The van der Waals surface area contributed by atoms with Gasteiger partial charge in [-0.3, -0.25) is 0 Å². The first-order chi connectivity index (χ1) is 8.70. The van der Waals surface area contributed by atoms with Crippen LogP contribution in [0.1, 0.15) is 97.8 Å². The van der Waals surface area contributed by atoms with Gasteiger partial charge in [0.1, 0.15) is 0 Å². The van der Waals surface area contributed by atoms with Crippen molar-refractivity contribution >= 4 is 0 Å². The van der Waals surface area contributed by atoms with Crippen LogP contribution in [0, 0.1) is 0 Å². The van der Waals surface area contributed by atoms with Crippen molar-refractivity contribution in [3.05, 3.63) is 0 Å². The highest BCUT2D eigenvalue weighted by atomic mass is 15.0. The molecule has 0 aromatic carbocycles. The van der Waals surface area contributed by atoms with Crippen molar-refractivity contribution in [2.75, 3.05) is 0 Å². The molecule has 1 aliphatic carbocycles. The molecular formula is C17H35N. The number of unbranched alkanes of at least 4 members (excludes halogenated alkanes) is 5. The van der Waals surface area contributed by atoms with Gasteiger partial charge in [0.15, 0.2) is 0 Å². The lowest BCUT2D eigenvalue weighted by Crippen LogP contribution is -2.50. The van der Waals surface area contributed by atoms with Crippen LogP contribution in [-0.4, -0.2) is 11.6 Å². The van der Waals surface area contributed by atoms with Crippen LogP contribution in [0.5, 0.6) is 0 Å². The third-order valence-corrected chi connectivity index (χ3v) is 4.57. The molecule has 0 aromatic heterocycles. The number of nitrogens with one attached hydrogen (secondary N) is 1. The SMILES string of the molecule is CCCCCCC(C)(CCCCC)NC1CCC1. The van der Waals surface area contributed by atoms with E-state index >= 15 is 0 Å². The minimum absolute atomic E-state index is 0.425. The zero-order chi connectivity index (χ0) is 13.3. The molecule has 1 fully saturated rings. The zero-order valence-corrected chi connectivity index (χ0v) is 13.1. The Hall–Kier alpha value is -0.0400. The molecule has 1 N–H and O–H groups in total. The smallest absolute Gasteiger partial charge is 0.0155 e. The molecule has 18 heavy (non-hydrogen) atoms. The third kappa shape index (κ3) is 6.22. The molecule has 0 radical (unpaired) electrons. The van der Waals surface area contributed by atoms with E-state index in [1.54, 1.807) is 0 Å². The highest BCUT2D eigenvalue weighted by Gasteiger charge is 2.28. The molecule has 1 saturated carbocycles. The van der Waals surface area contributed by atoms with E-state index in [1.165, 1.54) is 77.0 Å². The van der Waals surface area contributed by atoms with E-state index in [0.29, 0.717) is 5.54 Å². The van der Waals surface area contributed by atoms with E-state index in [1.807, 2.05) is 0 Å². The second-order valence-corrected chi connectivity index (χ2v) is 6.60. The molecule has 0 bridgehead atoms. The molecule has 1 atom stereocenters. The van der Waals surface area contributed by atoms with E-state index in [9.17, 15) is 0 Å². The quantitative estimate of drug-likeness (QED) is 0.484. The predicted octanol–water partition coefficient (Wildman–Crippen LogP) is 5.44. The van der Waals surface area contributed by atoms with Gasteiger partial charge < -0.3 is 5.32 Å². The Balaban J connectivity index is 2.28. The number of hydrogen-bond donors (Lipinski definition) is 1. The fraction of sp³-hybridized carbons (Fsp3) is 1.00. The summed E-state index contributed by atoms with van der Waals surface area (Å²) in [7, 11) is 0. The molecule has 1 aliphatic rings. The van der Waals surface area contributed by atoms with Gasteiger partial charge in [-0.1, -0.05) is 65.2 Å². The fourth-order valence-corrected chi connectivity index (χ4v) is 3.02. The summed E-state index contributed by atoms with van der Waals surface area (Å²) in [5.41, 5.74) is 0.425. The summed E-state index contributed by atoms with van der Waals surface area (Å²) in [6.07, 6.45) is 16.8. The summed E-state index contributed by atoms with van der Waals surface area (Å²) in [5, 5.41) is 3.97. The van der Waals surface area contributed by atoms with Gasteiger partial charge >= 0.3 is 0 Å². The second kappa shape index (κ2) is 8.96. The predicted molar refractivity (Wildman–Crippen MR) is 82.1 cm³/mol. The summed E-state index contributed by atoms with van der Waals surface area (Å²) in [6.45, 7) is 7.08. The summed E-state index contributed by atoms with van der Waals surface area (Å²) in [4.78, 5) is 0. The van der Waals surface area contributed by atoms with Crippen LogP contribution >= 0.6 is 0 Å². The van der Waals surface area contributed by atoms with Crippen molar-refractivity contribution in [1.29, 1.82) is 0 Å². The highest BCUT2D eigenvalue weighted by molar-refractivity contribution is 4.89. The van der Waals surface area contributed by atoms with Gasteiger partial charge in [-0.15, -0.1) is 0 Å². The molecule has 108 valence electrons. The van der Waals surface area contributed by atoms with E-state index in [0.717, 1.165) is 6.04 Å². The van der Waals surface area contributed by atoms with E-state index in [-0.39, 0.29) is 0 Å². The monoisotopic (exact) mass is 253 g/mol. The van der Waals surface area contributed by atoms with Gasteiger partial charge in [-0.05, 0) is 32.6 Å². The third-order valence-electron chi connectivity index (χ3n) is 4.57. The first-order valence-electron chi connectivity index (χ1n) is 8.48. The van der Waals surface area contributed by atoms with Crippen LogP contribution in [0.2, 0.25) is 0 Å². The standard InChI is InChI=1S/C17H35N/c1-4-6-8-10-15-17(3,14-9-7-5-2)18-16-12-11-13-16/h16,18H,4-15H2,1-3H3. The van der Waals surface area contributed by atoms with Crippen molar-refractivity contribution in [2.45, 2.75) is 109 Å². The maximum absolute atomic E-state index is 3.97. The Morgan fingerprint density at radius 3 is 1.94 bits per heavy atom. The van der Waals surface area contributed by atoms with Crippen molar-refractivity contribution in [2.24, 2.45) is 0 Å². The van der Waals surface area contributed by atoms with Crippen molar-refractivity contribution in [3.8, 4) is 0 Å². The lowest BCUT2D eigenvalue weighted by molar-refractivity contribution is 0.207. The lowest BCUT2D eigenvalue weighted by Gasteiger charge is -2.39. The van der Waals surface area contributed by atoms with Crippen molar-refractivity contribution < 1.29 is 0 Å². The highest BCUT2D eigenvalue weighted by Crippen LogP contribution is 2.27. The van der Waals surface area contributed by atoms with Gasteiger partial charge in [0, 0.05) is 11.6 Å². The minimum atomic E-state index is 0.425. The van der Waals surface area contributed by atoms with Gasteiger partial charge in [0.25, 0.3) is 0 Å². The summed E-state index contributed by atoms with van der Waals surface area (Å²) in [5.74, 6) is 0. The molecule has 0 amide bonds. The van der Waals surface area contributed by atoms with Crippen LogP contribution < -0.4 is 5.32 Å². The first-order valence-corrected chi connectivity index (χ1v) is 8.48. The average molecular weight is 253 g/mol. The van der Waals surface area contributed by atoms with Crippen molar-refractivity contribution in [1.82, 2.24) is 5.32 Å². The Morgan fingerprint density at radius 2 is 1.44 bits per heavy atom. The van der Waals surface area contributed by atoms with Gasteiger partial charge in [0.2, 0.25) is 0 Å². The van der Waals surface area contributed by atoms with Gasteiger partial charge in [0.05, 0.1) is 0 Å². The van der Waals surface area contributed by atoms with Crippen LogP contribution in [-0.2, 0) is 0 Å². The van der Waals surface area contributed by atoms with E-state index in [2.05, 4.69) is 26.1 Å². The molecule has 0 heterocycles. The Labute approximate surface area is 115 Å². The normalized spacial score (nSPS) is 19.5. The molecule has 1 unspecified atom stereocenters. The Bertz CT molecular complexity index is 198. The zero-order valence-electron chi connectivity index (χ0n) is 13.1. The Morgan fingerprint density at radius 1 is 0.889 bits per heavy atom. The summed E-state index contributed by atoms with van der Waals surface area (Å²) >= 11 is 0. The van der Waals surface area contributed by atoms with Crippen LogP contribution in [0.15, 0.2) is 0 Å². The number of rotatable bonds is 11. The molecule has 1 heteroatoms. The fourth-order valence-electron chi connectivity index (χ4n) is 3.02. The maximum atomic E-state index is 3.97. The average Bonchev–Trinajstić information content (AvgIpc) is 2.31. The summed E-state index contributed by atoms with van der Waals surface area (Å²) in [6, 6.07) is 0.836. The molecule has 0 aromatic rings. The molecule has 0 saturated heterocycles.